The highest BCUT2D eigenvalue weighted by molar-refractivity contribution is 5.75. The van der Waals surface area contributed by atoms with E-state index in [1.54, 1.807) is 0 Å². The summed E-state index contributed by atoms with van der Waals surface area (Å²) >= 11 is 0. The summed E-state index contributed by atoms with van der Waals surface area (Å²) in [6.07, 6.45) is -3.89. The van der Waals surface area contributed by atoms with Crippen molar-refractivity contribution in [2.75, 3.05) is 0 Å². The second-order valence-electron chi connectivity index (χ2n) is 3.79. The molecule has 2 aromatic carbocycles. The Morgan fingerprint density at radius 1 is 1.00 bits per heavy atom. The third-order valence-corrected chi connectivity index (χ3v) is 2.41. The molecule has 0 spiro atoms. The molecule has 0 fully saturated rings. The molecule has 0 amide bonds. The average Bonchev–Trinajstić information content (AvgIpc) is 2.38. The normalized spacial score (nSPS) is 11.1. The molecule has 0 saturated heterocycles. The number of ether oxygens (including phenoxy) is 1. The Hall–Kier alpha value is -2.30. The fourth-order valence-corrected chi connectivity index (χ4v) is 1.57. The highest BCUT2D eigenvalue weighted by Crippen LogP contribution is 2.37. The number of carbonyl (C=O) groups excluding carboxylic acids is 1. The maximum absolute atomic E-state index is 12.8. The first-order valence-corrected chi connectivity index (χ1v) is 5.40. The number of hydrogen-bond acceptors (Lipinski definition) is 2. The molecular weight excluding hydrogens is 257 g/mol. The minimum absolute atomic E-state index is 0.182. The molecular formula is C14H9F3O2. The van der Waals surface area contributed by atoms with E-state index < -0.39 is 11.7 Å². The number of halogens is 3. The van der Waals surface area contributed by atoms with Gasteiger partial charge in [0.15, 0.2) is 0 Å². The second kappa shape index (κ2) is 5.14. The molecule has 98 valence electrons. The van der Waals surface area contributed by atoms with Crippen LogP contribution in [0, 0.1) is 0 Å². The van der Waals surface area contributed by atoms with Crippen LogP contribution in [0.1, 0.15) is 15.9 Å². The smallest absolute Gasteiger partial charge is 0.419 e. The number of aldehydes is 1. The summed E-state index contributed by atoms with van der Waals surface area (Å²) in [5, 5.41) is 0. The molecule has 2 rings (SSSR count). The van der Waals surface area contributed by atoms with Crippen molar-refractivity contribution in [1.82, 2.24) is 0 Å². The van der Waals surface area contributed by atoms with Crippen molar-refractivity contribution in [1.29, 1.82) is 0 Å². The fourth-order valence-electron chi connectivity index (χ4n) is 1.57. The van der Waals surface area contributed by atoms with E-state index in [0.717, 1.165) is 6.07 Å². The fraction of sp³-hybridized carbons (Fsp3) is 0.0714. The van der Waals surface area contributed by atoms with E-state index >= 15 is 0 Å². The lowest BCUT2D eigenvalue weighted by Gasteiger charge is -2.13. The van der Waals surface area contributed by atoms with Gasteiger partial charge in [0.1, 0.15) is 17.8 Å². The molecule has 0 N–H and O–H groups in total. The summed E-state index contributed by atoms with van der Waals surface area (Å²) in [6, 6.07) is 10.9. The van der Waals surface area contributed by atoms with Crippen molar-refractivity contribution in [3.63, 3.8) is 0 Å². The Labute approximate surface area is 107 Å². The summed E-state index contributed by atoms with van der Waals surface area (Å²) in [7, 11) is 0. The lowest BCUT2D eigenvalue weighted by molar-refractivity contribution is -0.138. The van der Waals surface area contributed by atoms with Crippen molar-refractivity contribution >= 4 is 6.29 Å². The first kappa shape index (κ1) is 13.1. The minimum atomic E-state index is -4.49. The lowest BCUT2D eigenvalue weighted by atomic mass is 10.2. The van der Waals surface area contributed by atoms with Crippen LogP contribution in [0.4, 0.5) is 13.2 Å². The standard InChI is InChI=1S/C14H9F3O2/c15-14(16,17)12-6-1-2-7-13(12)19-11-5-3-4-10(8-11)9-18/h1-9H. The SMILES string of the molecule is O=Cc1cccc(Oc2ccccc2C(F)(F)F)c1. The van der Waals surface area contributed by atoms with Crippen LogP contribution in [-0.2, 0) is 6.18 Å². The van der Waals surface area contributed by atoms with E-state index in [2.05, 4.69) is 0 Å². The van der Waals surface area contributed by atoms with Gasteiger partial charge in [-0.15, -0.1) is 0 Å². The molecule has 19 heavy (non-hydrogen) atoms. The molecule has 0 bridgehead atoms. The van der Waals surface area contributed by atoms with Gasteiger partial charge in [-0.1, -0.05) is 24.3 Å². The molecule has 0 aromatic heterocycles. The van der Waals surface area contributed by atoms with Crippen LogP contribution in [0.25, 0.3) is 0 Å². The summed E-state index contributed by atoms with van der Waals surface area (Å²) in [5.41, 5.74) is -0.520. The Morgan fingerprint density at radius 3 is 2.42 bits per heavy atom. The van der Waals surface area contributed by atoms with Crippen LogP contribution < -0.4 is 4.74 Å². The van der Waals surface area contributed by atoms with Gasteiger partial charge in [-0.3, -0.25) is 4.79 Å². The monoisotopic (exact) mass is 266 g/mol. The molecule has 5 heteroatoms. The Morgan fingerprint density at radius 2 is 1.74 bits per heavy atom. The van der Waals surface area contributed by atoms with Gasteiger partial charge < -0.3 is 4.74 Å². The van der Waals surface area contributed by atoms with Crippen molar-refractivity contribution in [2.45, 2.75) is 6.18 Å². The molecule has 0 atom stereocenters. The number of alkyl halides is 3. The Kier molecular flexibility index (Phi) is 3.55. The predicted molar refractivity (Wildman–Crippen MR) is 63.3 cm³/mol. The lowest BCUT2D eigenvalue weighted by Crippen LogP contribution is -2.06. The van der Waals surface area contributed by atoms with Crippen LogP contribution in [0.5, 0.6) is 11.5 Å². The van der Waals surface area contributed by atoms with E-state index in [4.69, 9.17) is 4.74 Å². The molecule has 2 nitrogen and oxygen atoms in total. The van der Waals surface area contributed by atoms with Crippen molar-refractivity contribution < 1.29 is 22.7 Å². The van der Waals surface area contributed by atoms with Gasteiger partial charge in [0, 0.05) is 5.56 Å². The maximum atomic E-state index is 12.8. The van der Waals surface area contributed by atoms with Crippen molar-refractivity contribution in [2.24, 2.45) is 0 Å². The third kappa shape index (κ3) is 3.13. The van der Waals surface area contributed by atoms with Crippen LogP contribution in [0.15, 0.2) is 48.5 Å². The number of benzene rings is 2. The first-order valence-electron chi connectivity index (χ1n) is 5.40. The van der Waals surface area contributed by atoms with Crippen LogP contribution in [-0.4, -0.2) is 6.29 Å². The maximum Gasteiger partial charge on any atom is 0.419 e. The quantitative estimate of drug-likeness (QED) is 0.774. The van der Waals surface area contributed by atoms with E-state index in [0.29, 0.717) is 11.8 Å². The van der Waals surface area contributed by atoms with Gasteiger partial charge in [-0.05, 0) is 24.3 Å². The molecule has 0 heterocycles. The number of hydrogen-bond donors (Lipinski definition) is 0. The molecule has 0 aliphatic rings. The van der Waals surface area contributed by atoms with Gasteiger partial charge in [-0.2, -0.15) is 13.2 Å². The topological polar surface area (TPSA) is 26.3 Å². The summed E-state index contributed by atoms with van der Waals surface area (Å²) < 4.78 is 43.5. The first-order chi connectivity index (χ1) is 9.00. The molecule has 0 radical (unpaired) electrons. The molecule has 2 aromatic rings. The van der Waals surface area contributed by atoms with Crippen LogP contribution in [0.3, 0.4) is 0 Å². The zero-order valence-electron chi connectivity index (χ0n) is 9.65. The Balaban J connectivity index is 2.35. The molecule has 0 aliphatic carbocycles. The van der Waals surface area contributed by atoms with Gasteiger partial charge in [-0.25, -0.2) is 0 Å². The summed E-state index contributed by atoms with van der Waals surface area (Å²) in [4.78, 5) is 10.6. The van der Waals surface area contributed by atoms with Crippen LogP contribution in [0.2, 0.25) is 0 Å². The van der Waals surface area contributed by atoms with E-state index in [-0.39, 0.29) is 11.5 Å². The number of carbonyl (C=O) groups is 1. The van der Waals surface area contributed by atoms with Crippen molar-refractivity contribution in [3.05, 3.63) is 59.7 Å². The minimum Gasteiger partial charge on any atom is -0.457 e. The Bertz CT molecular complexity index is 591. The zero-order chi connectivity index (χ0) is 13.9. The van der Waals surface area contributed by atoms with E-state index in [1.165, 1.54) is 42.5 Å². The average molecular weight is 266 g/mol. The molecule has 0 saturated carbocycles. The number of para-hydroxylation sites is 1. The largest absolute Gasteiger partial charge is 0.457 e. The number of rotatable bonds is 3. The summed E-state index contributed by atoms with van der Waals surface area (Å²) in [5.74, 6) is -0.112. The molecule has 0 unspecified atom stereocenters. The van der Waals surface area contributed by atoms with E-state index in [1.807, 2.05) is 0 Å². The summed E-state index contributed by atoms with van der Waals surface area (Å²) in [6.45, 7) is 0. The predicted octanol–water partition coefficient (Wildman–Crippen LogP) is 4.31. The molecule has 0 aliphatic heterocycles. The van der Waals surface area contributed by atoms with Gasteiger partial charge >= 0.3 is 6.18 Å². The van der Waals surface area contributed by atoms with E-state index in [9.17, 15) is 18.0 Å². The highest BCUT2D eigenvalue weighted by Gasteiger charge is 2.34. The van der Waals surface area contributed by atoms with Gasteiger partial charge in [0.25, 0.3) is 0 Å². The van der Waals surface area contributed by atoms with Crippen molar-refractivity contribution in [3.8, 4) is 11.5 Å². The van der Waals surface area contributed by atoms with Crippen LogP contribution >= 0.6 is 0 Å². The third-order valence-electron chi connectivity index (χ3n) is 2.41. The van der Waals surface area contributed by atoms with Gasteiger partial charge in [0.05, 0.1) is 5.56 Å². The van der Waals surface area contributed by atoms with Gasteiger partial charge in [0.2, 0.25) is 0 Å². The second-order valence-corrected chi connectivity index (χ2v) is 3.79. The highest BCUT2D eigenvalue weighted by atomic mass is 19.4. The zero-order valence-corrected chi connectivity index (χ0v) is 9.65.